The zero-order valence-electron chi connectivity index (χ0n) is 18.5. The zero-order valence-corrected chi connectivity index (χ0v) is 20.1. The molecule has 2 saturated heterocycles. The van der Waals surface area contributed by atoms with Crippen LogP contribution in [0.2, 0.25) is 0 Å². The van der Waals surface area contributed by atoms with Crippen molar-refractivity contribution in [1.29, 1.82) is 0 Å². The molecular weight excluding hydrogens is 462 g/mol. The highest BCUT2D eigenvalue weighted by Crippen LogP contribution is 2.26. The lowest BCUT2D eigenvalue weighted by molar-refractivity contribution is -0.119. The Morgan fingerprint density at radius 3 is 2.27 bits per heavy atom. The Labute approximate surface area is 198 Å². The van der Waals surface area contributed by atoms with Gasteiger partial charge in [-0.1, -0.05) is 18.2 Å². The van der Waals surface area contributed by atoms with Gasteiger partial charge >= 0.3 is 0 Å². The summed E-state index contributed by atoms with van der Waals surface area (Å²) < 4.78 is 33.1. The van der Waals surface area contributed by atoms with Crippen LogP contribution < -0.4 is 5.32 Å². The van der Waals surface area contributed by atoms with E-state index in [1.165, 1.54) is 28.2 Å². The molecule has 4 rings (SSSR count). The van der Waals surface area contributed by atoms with Crippen LogP contribution in [0.25, 0.3) is 0 Å². The van der Waals surface area contributed by atoms with Crippen molar-refractivity contribution in [1.82, 2.24) is 9.21 Å². The summed E-state index contributed by atoms with van der Waals surface area (Å²) >= 11 is 1.52. The van der Waals surface area contributed by atoms with Gasteiger partial charge in [0.15, 0.2) is 0 Å². The number of carbonyl (C=O) groups excluding carboxylic acids is 2. The van der Waals surface area contributed by atoms with Crippen molar-refractivity contribution in [2.75, 3.05) is 30.0 Å². The maximum Gasteiger partial charge on any atom is 0.255 e. The van der Waals surface area contributed by atoms with Crippen LogP contribution in [0, 0.1) is 0 Å². The average Bonchev–Trinajstić information content (AvgIpc) is 3.29. The molecule has 3 atom stereocenters. The van der Waals surface area contributed by atoms with Crippen molar-refractivity contribution in [3.05, 3.63) is 60.2 Å². The molecule has 2 aromatic carbocycles. The summed E-state index contributed by atoms with van der Waals surface area (Å²) in [4.78, 5) is 27.5. The lowest BCUT2D eigenvalue weighted by Crippen LogP contribution is -2.48. The molecule has 8 nitrogen and oxygen atoms in total. The molecule has 2 aliphatic rings. The first-order chi connectivity index (χ1) is 15.8. The van der Waals surface area contributed by atoms with Gasteiger partial charge in [-0.2, -0.15) is 4.31 Å². The van der Waals surface area contributed by atoms with Gasteiger partial charge in [0.1, 0.15) is 6.04 Å². The maximum absolute atomic E-state index is 13.0. The van der Waals surface area contributed by atoms with Crippen molar-refractivity contribution in [3.63, 3.8) is 0 Å². The van der Waals surface area contributed by atoms with E-state index >= 15 is 0 Å². The van der Waals surface area contributed by atoms with Crippen LogP contribution in [0.5, 0.6) is 0 Å². The fourth-order valence-corrected chi connectivity index (χ4v) is 6.76. The number of hydrogen-bond acceptors (Lipinski definition) is 6. The number of carbonyl (C=O) groups is 2. The van der Waals surface area contributed by atoms with Crippen LogP contribution in [-0.4, -0.2) is 72.4 Å². The van der Waals surface area contributed by atoms with Gasteiger partial charge in [0.2, 0.25) is 15.9 Å². The second-order valence-electron chi connectivity index (χ2n) is 8.25. The van der Waals surface area contributed by atoms with Gasteiger partial charge in [-0.15, -0.1) is 11.8 Å². The van der Waals surface area contributed by atoms with Crippen LogP contribution in [0.15, 0.2) is 59.5 Å². The highest BCUT2D eigenvalue weighted by Gasteiger charge is 2.35. The SMILES string of the molecule is CC1CN(S(=O)(=O)c2ccc(NC(=O)[C@@H]3CSCN3C(=O)c3ccccc3)cc2)CC(C)O1. The summed E-state index contributed by atoms with van der Waals surface area (Å²) in [5, 5.41) is 2.82. The predicted octanol–water partition coefficient (Wildman–Crippen LogP) is 2.64. The number of anilines is 1. The van der Waals surface area contributed by atoms with Crippen molar-refractivity contribution < 1.29 is 22.7 Å². The lowest BCUT2D eigenvalue weighted by Gasteiger charge is -2.34. The molecule has 0 aliphatic carbocycles. The predicted molar refractivity (Wildman–Crippen MR) is 128 cm³/mol. The highest BCUT2D eigenvalue weighted by molar-refractivity contribution is 7.99. The fourth-order valence-electron chi connectivity index (χ4n) is 4.02. The monoisotopic (exact) mass is 489 g/mol. The number of nitrogens with zero attached hydrogens (tertiary/aromatic N) is 2. The molecule has 0 radical (unpaired) electrons. The van der Waals surface area contributed by atoms with Gasteiger partial charge in [-0.3, -0.25) is 9.59 Å². The second-order valence-corrected chi connectivity index (χ2v) is 11.2. The van der Waals surface area contributed by atoms with E-state index in [1.54, 1.807) is 41.3 Å². The van der Waals surface area contributed by atoms with Crippen LogP contribution in [-0.2, 0) is 19.6 Å². The molecule has 10 heteroatoms. The Morgan fingerprint density at radius 2 is 1.64 bits per heavy atom. The standard InChI is InChI=1S/C23H27N3O5S2/c1-16-12-25(13-17(2)31-16)33(29,30)20-10-8-19(9-11-20)24-22(27)21-14-32-15-26(21)23(28)18-6-4-3-5-7-18/h3-11,16-17,21H,12-15H2,1-2H3,(H,24,27)/t16?,17?,21-/m0/s1. The molecule has 2 fully saturated rings. The van der Waals surface area contributed by atoms with E-state index in [0.29, 0.717) is 36.0 Å². The number of ether oxygens (including phenoxy) is 1. The number of benzene rings is 2. The Balaban J connectivity index is 1.43. The first-order valence-corrected chi connectivity index (χ1v) is 13.4. The fraction of sp³-hybridized carbons (Fsp3) is 0.391. The number of morpholine rings is 1. The Bertz CT molecular complexity index is 1100. The van der Waals surface area contributed by atoms with Gasteiger partial charge < -0.3 is 15.0 Å². The number of rotatable bonds is 5. The molecule has 0 saturated carbocycles. The molecule has 2 amide bonds. The molecule has 1 N–H and O–H groups in total. The molecule has 176 valence electrons. The van der Waals surface area contributed by atoms with Crippen LogP contribution in [0.4, 0.5) is 5.69 Å². The van der Waals surface area contributed by atoms with E-state index in [0.717, 1.165) is 0 Å². The minimum atomic E-state index is -3.65. The van der Waals surface area contributed by atoms with Crippen molar-refractivity contribution in [2.24, 2.45) is 0 Å². The molecule has 2 aromatic rings. The summed E-state index contributed by atoms with van der Waals surface area (Å²) in [6.45, 7) is 4.31. The minimum absolute atomic E-state index is 0.166. The Hall–Kier alpha value is -2.40. The van der Waals surface area contributed by atoms with E-state index in [9.17, 15) is 18.0 Å². The lowest BCUT2D eigenvalue weighted by atomic mass is 10.1. The number of sulfonamides is 1. The van der Waals surface area contributed by atoms with E-state index in [2.05, 4.69) is 5.32 Å². The van der Waals surface area contributed by atoms with Crippen molar-refractivity contribution in [3.8, 4) is 0 Å². The van der Waals surface area contributed by atoms with E-state index in [4.69, 9.17) is 4.74 Å². The normalized spacial score (nSPS) is 23.9. The van der Waals surface area contributed by atoms with Gasteiger partial charge in [0, 0.05) is 30.1 Å². The summed E-state index contributed by atoms with van der Waals surface area (Å²) in [6, 6.07) is 14.4. The summed E-state index contributed by atoms with van der Waals surface area (Å²) in [6.07, 6.45) is -0.346. The zero-order chi connectivity index (χ0) is 23.6. The summed E-state index contributed by atoms with van der Waals surface area (Å²) in [5.74, 6) is 0.468. The smallest absolute Gasteiger partial charge is 0.255 e. The Kier molecular flexibility index (Phi) is 7.08. The van der Waals surface area contributed by atoms with Crippen molar-refractivity contribution >= 4 is 39.3 Å². The summed E-state index contributed by atoms with van der Waals surface area (Å²) in [5.41, 5.74) is 1.02. The molecule has 33 heavy (non-hydrogen) atoms. The van der Waals surface area contributed by atoms with Gasteiger partial charge in [0.05, 0.1) is 23.0 Å². The van der Waals surface area contributed by atoms with Crippen LogP contribution in [0.3, 0.4) is 0 Å². The molecule has 2 unspecified atom stereocenters. The van der Waals surface area contributed by atoms with E-state index < -0.39 is 16.1 Å². The van der Waals surface area contributed by atoms with Crippen LogP contribution in [0.1, 0.15) is 24.2 Å². The third-order valence-corrected chi connectivity index (χ3v) is 8.47. The van der Waals surface area contributed by atoms with Crippen molar-refractivity contribution in [2.45, 2.75) is 37.0 Å². The molecule has 0 aromatic heterocycles. The summed E-state index contributed by atoms with van der Waals surface area (Å²) in [7, 11) is -3.65. The first-order valence-electron chi connectivity index (χ1n) is 10.8. The highest BCUT2D eigenvalue weighted by atomic mass is 32.2. The molecule has 0 spiro atoms. The largest absolute Gasteiger partial charge is 0.373 e. The molecule has 2 heterocycles. The topological polar surface area (TPSA) is 96.0 Å². The number of amides is 2. The second kappa shape index (κ2) is 9.84. The Morgan fingerprint density at radius 1 is 1.00 bits per heavy atom. The number of thioether (sulfide) groups is 1. The van der Waals surface area contributed by atoms with Crippen LogP contribution >= 0.6 is 11.8 Å². The first kappa shape index (κ1) is 23.7. The number of hydrogen-bond donors (Lipinski definition) is 1. The third kappa shape index (κ3) is 5.24. The van der Waals surface area contributed by atoms with Gasteiger partial charge in [-0.05, 0) is 50.2 Å². The maximum atomic E-state index is 13.0. The minimum Gasteiger partial charge on any atom is -0.373 e. The third-order valence-electron chi connectivity index (χ3n) is 5.61. The van der Waals surface area contributed by atoms with E-state index in [1.807, 2.05) is 19.9 Å². The van der Waals surface area contributed by atoms with Gasteiger partial charge in [-0.25, -0.2) is 8.42 Å². The quantitative estimate of drug-likeness (QED) is 0.694. The van der Waals surface area contributed by atoms with E-state index in [-0.39, 0.29) is 28.9 Å². The molecule has 2 aliphatic heterocycles. The van der Waals surface area contributed by atoms with Gasteiger partial charge in [0.25, 0.3) is 5.91 Å². The molecular formula is C23H27N3O5S2. The molecule has 0 bridgehead atoms. The average molecular weight is 490 g/mol. The number of nitrogens with one attached hydrogen (secondary N) is 1.